The van der Waals surface area contributed by atoms with E-state index in [1.54, 1.807) is 30.6 Å². The zero-order chi connectivity index (χ0) is 7.40. The lowest BCUT2D eigenvalue weighted by atomic mass is 10.2. The van der Waals surface area contributed by atoms with Gasteiger partial charge in [0.1, 0.15) is 5.75 Å². The molecule has 0 amide bonds. The molecule has 0 aliphatic heterocycles. The van der Waals surface area contributed by atoms with Crippen LogP contribution in [0, 0.1) is 0 Å². The zero-order valence-electron chi connectivity index (χ0n) is 5.37. The van der Waals surface area contributed by atoms with E-state index in [-0.39, 0.29) is 5.75 Å². The van der Waals surface area contributed by atoms with Crippen LogP contribution in [0.4, 0.5) is 0 Å². The third-order valence-electron chi connectivity index (χ3n) is 1.21. The van der Waals surface area contributed by atoms with E-state index in [2.05, 4.69) is 0 Å². The summed E-state index contributed by atoms with van der Waals surface area (Å²) in [6.45, 7) is 0. The van der Waals surface area contributed by atoms with E-state index in [1.807, 2.05) is 0 Å². The molecule has 0 aliphatic rings. The summed E-state index contributed by atoms with van der Waals surface area (Å²) in [4.78, 5) is 9.87. The van der Waals surface area contributed by atoms with Crippen LogP contribution in [-0.4, -0.2) is 11.4 Å². The summed E-state index contributed by atoms with van der Waals surface area (Å²) >= 11 is 0. The lowest BCUT2D eigenvalue weighted by molar-refractivity contribution is 0.475. The molecule has 0 heterocycles. The van der Waals surface area contributed by atoms with Crippen molar-refractivity contribution in [2.75, 3.05) is 0 Å². The van der Waals surface area contributed by atoms with Crippen molar-refractivity contribution in [2.45, 2.75) is 6.42 Å². The molecule has 0 atom stereocenters. The van der Waals surface area contributed by atoms with E-state index in [1.165, 1.54) is 0 Å². The van der Waals surface area contributed by atoms with Crippen LogP contribution >= 0.6 is 0 Å². The van der Waals surface area contributed by atoms with Gasteiger partial charge in [-0.2, -0.15) is 0 Å². The van der Waals surface area contributed by atoms with Crippen LogP contribution in [0.3, 0.4) is 0 Å². The molecule has 0 aromatic heterocycles. The Labute approximate surface area is 59.1 Å². The number of aromatic hydroxyl groups is 1. The van der Waals surface area contributed by atoms with E-state index in [0.29, 0.717) is 6.42 Å². The number of phenolic OH excluding ortho intramolecular Hbond substituents is 1. The van der Waals surface area contributed by atoms with Crippen LogP contribution in [0.25, 0.3) is 0 Å². The van der Waals surface area contributed by atoms with Crippen LogP contribution in [-0.2, 0) is 11.2 Å². The van der Waals surface area contributed by atoms with Gasteiger partial charge < -0.3 is 5.11 Å². The molecule has 10 heavy (non-hydrogen) atoms. The Morgan fingerprint density at radius 1 is 1.30 bits per heavy atom. The van der Waals surface area contributed by atoms with E-state index < -0.39 is 0 Å². The first kappa shape index (κ1) is 6.81. The first-order valence-corrected chi connectivity index (χ1v) is 2.96. The Morgan fingerprint density at radius 2 is 1.90 bits per heavy atom. The van der Waals surface area contributed by atoms with Gasteiger partial charge in [-0.15, -0.1) is 0 Å². The molecule has 0 saturated carbocycles. The topological polar surface area (TPSA) is 37.3 Å². The Balaban J connectivity index is 2.78. The van der Waals surface area contributed by atoms with Crippen molar-refractivity contribution in [2.24, 2.45) is 0 Å². The summed E-state index contributed by atoms with van der Waals surface area (Å²) in [5, 5.41) is 8.83. The summed E-state index contributed by atoms with van der Waals surface area (Å²) in [7, 11) is 0. The first-order valence-electron chi connectivity index (χ1n) is 2.96. The summed E-state index contributed by atoms with van der Waals surface area (Å²) < 4.78 is 0. The molecule has 1 rings (SSSR count). The summed E-state index contributed by atoms with van der Waals surface area (Å²) in [5.41, 5.74) is 0.868. The molecule has 0 unspecified atom stereocenters. The van der Waals surface area contributed by atoms with E-state index in [4.69, 9.17) is 5.11 Å². The van der Waals surface area contributed by atoms with Gasteiger partial charge in [0.2, 0.25) is 6.29 Å². The van der Waals surface area contributed by atoms with Crippen molar-refractivity contribution >= 4 is 6.29 Å². The molecule has 51 valence electrons. The average molecular weight is 135 g/mol. The Kier molecular flexibility index (Phi) is 2.05. The van der Waals surface area contributed by atoms with E-state index in [9.17, 15) is 4.79 Å². The maximum Gasteiger partial charge on any atom is 0.203 e. The van der Waals surface area contributed by atoms with Crippen molar-refractivity contribution in [3.63, 3.8) is 0 Å². The van der Waals surface area contributed by atoms with Gasteiger partial charge in [-0.05, 0) is 17.7 Å². The van der Waals surface area contributed by atoms with E-state index in [0.717, 1.165) is 5.56 Å². The number of carbonyl (C=O) groups excluding carboxylic acids is 1. The molecule has 1 aromatic rings. The Hall–Kier alpha value is -1.31. The van der Waals surface area contributed by atoms with Gasteiger partial charge in [0.05, 0.1) is 0 Å². The van der Waals surface area contributed by atoms with Crippen LogP contribution in [0.2, 0.25) is 0 Å². The molecular weight excluding hydrogens is 128 g/mol. The average Bonchev–Trinajstić information content (AvgIpc) is 1.95. The fourth-order valence-corrected chi connectivity index (χ4v) is 0.697. The number of hydrogen-bond acceptors (Lipinski definition) is 2. The summed E-state index contributed by atoms with van der Waals surface area (Å²) in [6, 6.07) is 6.49. The quantitative estimate of drug-likeness (QED) is 0.658. The molecule has 2 heteroatoms. The van der Waals surface area contributed by atoms with Crippen LogP contribution in [0.1, 0.15) is 5.56 Å². The third-order valence-corrected chi connectivity index (χ3v) is 1.21. The normalized spacial score (nSPS) is 9.20. The van der Waals surface area contributed by atoms with Crippen molar-refractivity contribution in [1.82, 2.24) is 0 Å². The lowest BCUT2D eigenvalue weighted by Gasteiger charge is -1.92. The van der Waals surface area contributed by atoms with Gasteiger partial charge >= 0.3 is 0 Å². The second-order valence-corrected chi connectivity index (χ2v) is 1.99. The standard InChI is InChI=1S/C8H7O2/c9-6-5-7-1-3-8(10)4-2-7/h1-4,10H,5H2. The number of hydrogen-bond donors (Lipinski definition) is 1. The van der Waals surface area contributed by atoms with Gasteiger partial charge in [-0.1, -0.05) is 12.1 Å². The Morgan fingerprint density at radius 3 is 2.40 bits per heavy atom. The third kappa shape index (κ3) is 1.58. The van der Waals surface area contributed by atoms with Gasteiger partial charge in [-0.3, -0.25) is 4.79 Å². The van der Waals surface area contributed by atoms with Gasteiger partial charge in [0.15, 0.2) is 0 Å². The maximum absolute atomic E-state index is 9.87. The summed E-state index contributed by atoms with van der Waals surface area (Å²) in [6.07, 6.45) is 2.06. The predicted molar refractivity (Wildman–Crippen MR) is 37.5 cm³/mol. The molecule has 0 bridgehead atoms. The molecule has 0 saturated heterocycles. The minimum atomic E-state index is 0.217. The minimum absolute atomic E-state index is 0.217. The van der Waals surface area contributed by atoms with Gasteiger partial charge in [-0.25, -0.2) is 0 Å². The predicted octanol–water partition coefficient (Wildman–Crippen LogP) is 1.04. The SMILES string of the molecule is O=[C]Cc1ccc(O)cc1. The molecular formula is C8H7O2. The fraction of sp³-hybridized carbons (Fsp3) is 0.125. The molecule has 1 N–H and O–H groups in total. The Bertz CT molecular complexity index is 213. The maximum atomic E-state index is 9.87. The number of phenols is 1. The second kappa shape index (κ2) is 3.01. The van der Waals surface area contributed by atoms with Crippen LogP contribution < -0.4 is 0 Å². The monoisotopic (exact) mass is 135 g/mol. The molecule has 1 radical (unpaired) electrons. The van der Waals surface area contributed by atoms with Crippen LogP contribution in [0.15, 0.2) is 24.3 Å². The smallest absolute Gasteiger partial charge is 0.203 e. The van der Waals surface area contributed by atoms with Gasteiger partial charge in [0, 0.05) is 6.42 Å². The van der Waals surface area contributed by atoms with Crippen molar-refractivity contribution < 1.29 is 9.90 Å². The lowest BCUT2D eigenvalue weighted by Crippen LogP contribution is -1.82. The highest BCUT2D eigenvalue weighted by Gasteiger charge is 1.90. The highest BCUT2D eigenvalue weighted by molar-refractivity contribution is 5.55. The van der Waals surface area contributed by atoms with Crippen molar-refractivity contribution in [3.05, 3.63) is 29.8 Å². The zero-order valence-corrected chi connectivity index (χ0v) is 5.37. The molecule has 2 nitrogen and oxygen atoms in total. The molecule has 0 fully saturated rings. The van der Waals surface area contributed by atoms with Crippen molar-refractivity contribution in [1.29, 1.82) is 0 Å². The molecule has 0 aliphatic carbocycles. The number of benzene rings is 1. The molecule has 1 aromatic carbocycles. The fourth-order valence-electron chi connectivity index (χ4n) is 0.697. The van der Waals surface area contributed by atoms with Gasteiger partial charge in [0.25, 0.3) is 0 Å². The first-order chi connectivity index (χ1) is 4.83. The highest BCUT2D eigenvalue weighted by Crippen LogP contribution is 2.08. The highest BCUT2D eigenvalue weighted by atomic mass is 16.3. The second-order valence-electron chi connectivity index (χ2n) is 1.99. The number of rotatable bonds is 2. The van der Waals surface area contributed by atoms with Crippen LogP contribution in [0.5, 0.6) is 5.75 Å². The van der Waals surface area contributed by atoms with E-state index >= 15 is 0 Å². The summed E-state index contributed by atoms with van der Waals surface area (Å²) in [5.74, 6) is 0.217. The van der Waals surface area contributed by atoms with Crippen molar-refractivity contribution in [3.8, 4) is 5.75 Å². The largest absolute Gasteiger partial charge is 0.508 e. The molecule has 0 spiro atoms. The minimum Gasteiger partial charge on any atom is -0.508 e.